The molecule has 0 unspecified atom stereocenters. The van der Waals surface area contributed by atoms with Crippen molar-refractivity contribution in [2.45, 2.75) is 0 Å². The van der Waals surface area contributed by atoms with Crippen molar-refractivity contribution < 1.29 is 9.13 Å². The van der Waals surface area contributed by atoms with Crippen molar-refractivity contribution in [1.29, 1.82) is 0 Å². The minimum absolute atomic E-state index is 0.303. The lowest BCUT2D eigenvalue weighted by Crippen LogP contribution is -2.08. The van der Waals surface area contributed by atoms with Gasteiger partial charge in [0.05, 0.1) is 12.6 Å². The van der Waals surface area contributed by atoms with Crippen LogP contribution in [0.25, 0.3) is 22.0 Å². The van der Waals surface area contributed by atoms with Crippen LogP contribution in [0, 0.1) is 5.82 Å². The van der Waals surface area contributed by atoms with E-state index in [-0.39, 0.29) is 5.82 Å². The third-order valence-corrected chi connectivity index (χ3v) is 3.81. The Bertz CT molecular complexity index is 878. The molecule has 3 rings (SSSR count). The number of ether oxygens (including phenoxy) is 1. The first-order valence-corrected chi connectivity index (χ1v) is 7.21. The first-order valence-electron chi connectivity index (χ1n) is 7.21. The first kappa shape index (κ1) is 15.1. The number of pyridine rings is 1. The molecule has 0 spiro atoms. The van der Waals surface area contributed by atoms with Gasteiger partial charge in [-0.1, -0.05) is 6.07 Å². The highest BCUT2D eigenvalue weighted by molar-refractivity contribution is 5.90. The van der Waals surface area contributed by atoms with Crippen LogP contribution in [0.5, 0.6) is 5.75 Å². The van der Waals surface area contributed by atoms with E-state index in [1.165, 1.54) is 13.2 Å². The van der Waals surface area contributed by atoms with Gasteiger partial charge in [0.2, 0.25) is 0 Å². The molecule has 23 heavy (non-hydrogen) atoms. The highest BCUT2D eigenvalue weighted by Crippen LogP contribution is 2.32. The Labute approximate surface area is 134 Å². The number of rotatable bonds is 3. The van der Waals surface area contributed by atoms with Gasteiger partial charge in [-0.3, -0.25) is 0 Å². The van der Waals surface area contributed by atoms with E-state index in [0.717, 1.165) is 16.6 Å². The predicted octanol–water partition coefficient (Wildman–Crippen LogP) is 3.70. The molecule has 3 aromatic rings. The molecule has 0 aliphatic carbocycles. The number of nitrogens with zero attached hydrogens (tertiary/aromatic N) is 2. The highest BCUT2D eigenvalue weighted by Gasteiger charge is 2.12. The van der Waals surface area contributed by atoms with Crippen molar-refractivity contribution in [1.82, 2.24) is 4.98 Å². The highest BCUT2D eigenvalue weighted by atomic mass is 19.1. The second-order valence-electron chi connectivity index (χ2n) is 5.54. The van der Waals surface area contributed by atoms with Crippen molar-refractivity contribution in [2.75, 3.05) is 31.8 Å². The van der Waals surface area contributed by atoms with Gasteiger partial charge in [0.15, 0.2) is 0 Å². The zero-order chi connectivity index (χ0) is 16.6. The summed E-state index contributed by atoms with van der Waals surface area (Å²) in [6, 6.07) is 12.5. The number of hydrogen-bond acceptors (Lipinski definition) is 4. The molecule has 0 saturated heterocycles. The van der Waals surface area contributed by atoms with Gasteiger partial charge in [0, 0.05) is 42.4 Å². The van der Waals surface area contributed by atoms with Gasteiger partial charge in [0.25, 0.3) is 0 Å². The fraction of sp³-hybridized carbons (Fsp3) is 0.167. The van der Waals surface area contributed by atoms with E-state index in [9.17, 15) is 4.39 Å². The average Bonchev–Trinajstić information content (AvgIpc) is 2.53. The van der Waals surface area contributed by atoms with Crippen LogP contribution >= 0.6 is 0 Å². The molecule has 0 radical (unpaired) electrons. The Morgan fingerprint density at radius 3 is 2.48 bits per heavy atom. The third-order valence-electron chi connectivity index (χ3n) is 3.81. The molecule has 118 valence electrons. The van der Waals surface area contributed by atoms with Crippen LogP contribution < -0.4 is 15.4 Å². The van der Waals surface area contributed by atoms with Crippen LogP contribution in [-0.2, 0) is 0 Å². The van der Waals surface area contributed by atoms with Crippen molar-refractivity contribution in [3.8, 4) is 16.9 Å². The van der Waals surface area contributed by atoms with E-state index in [0.29, 0.717) is 22.7 Å². The summed E-state index contributed by atoms with van der Waals surface area (Å²) in [4.78, 5) is 6.43. The number of nitrogen functional groups attached to an aromatic ring is 1. The quantitative estimate of drug-likeness (QED) is 0.801. The topological polar surface area (TPSA) is 51.4 Å². The monoisotopic (exact) mass is 311 g/mol. The van der Waals surface area contributed by atoms with E-state index >= 15 is 0 Å². The molecule has 0 aliphatic heterocycles. The number of nitrogens with two attached hydrogens (primary N) is 1. The van der Waals surface area contributed by atoms with E-state index < -0.39 is 0 Å². The minimum Gasteiger partial charge on any atom is -0.497 e. The molecule has 1 aromatic heterocycles. The molecular formula is C18H18FN3O. The molecule has 1 heterocycles. The van der Waals surface area contributed by atoms with Crippen LogP contribution in [-0.4, -0.2) is 26.2 Å². The predicted molar refractivity (Wildman–Crippen MR) is 92.4 cm³/mol. The second kappa shape index (κ2) is 5.76. The Balaban J connectivity index is 2.15. The summed E-state index contributed by atoms with van der Waals surface area (Å²) in [5.74, 6) is 0.383. The standard InChI is InChI=1S/C18H18FN3O/c1-22(2)12-5-4-11-8-15(18(20)21-17(11)9-12)14-7-6-13(23-3)10-16(14)19/h4-10H,1-3H3,(H2,20,21). The van der Waals surface area contributed by atoms with Crippen LogP contribution in [0.2, 0.25) is 0 Å². The van der Waals surface area contributed by atoms with Gasteiger partial charge >= 0.3 is 0 Å². The zero-order valence-electron chi connectivity index (χ0n) is 13.3. The average molecular weight is 311 g/mol. The Morgan fingerprint density at radius 1 is 1.04 bits per heavy atom. The van der Waals surface area contributed by atoms with Crippen LogP contribution in [0.3, 0.4) is 0 Å². The molecule has 4 nitrogen and oxygen atoms in total. The molecule has 2 aromatic carbocycles. The summed E-state index contributed by atoms with van der Waals surface area (Å²) in [6.07, 6.45) is 0. The molecule has 2 N–H and O–H groups in total. The third kappa shape index (κ3) is 2.77. The molecule has 0 amide bonds. The fourth-order valence-corrected chi connectivity index (χ4v) is 2.51. The molecule has 0 atom stereocenters. The number of methoxy groups -OCH3 is 1. The Morgan fingerprint density at radius 2 is 1.83 bits per heavy atom. The largest absolute Gasteiger partial charge is 0.497 e. The van der Waals surface area contributed by atoms with E-state index in [2.05, 4.69) is 4.98 Å². The number of aromatic nitrogens is 1. The lowest BCUT2D eigenvalue weighted by atomic mass is 10.0. The van der Waals surface area contributed by atoms with E-state index in [1.807, 2.05) is 43.3 Å². The van der Waals surface area contributed by atoms with Crippen molar-refractivity contribution in [3.63, 3.8) is 0 Å². The zero-order valence-corrected chi connectivity index (χ0v) is 13.3. The van der Waals surface area contributed by atoms with Gasteiger partial charge in [-0.2, -0.15) is 0 Å². The normalized spacial score (nSPS) is 10.8. The number of fused-ring (bicyclic) bond motifs is 1. The lowest BCUT2D eigenvalue weighted by Gasteiger charge is -2.14. The molecule has 0 aliphatic rings. The number of halogens is 1. The van der Waals surface area contributed by atoms with Gasteiger partial charge in [-0.05, 0) is 30.3 Å². The Hall–Kier alpha value is -2.82. The molecular weight excluding hydrogens is 293 g/mol. The van der Waals surface area contributed by atoms with Crippen molar-refractivity contribution in [2.24, 2.45) is 0 Å². The van der Waals surface area contributed by atoms with Crippen LogP contribution in [0.15, 0.2) is 42.5 Å². The van der Waals surface area contributed by atoms with Gasteiger partial charge < -0.3 is 15.4 Å². The molecule has 0 fully saturated rings. The second-order valence-corrected chi connectivity index (χ2v) is 5.54. The lowest BCUT2D eigenvalue weighted by molar-refractivity contribution is 0.411. The summed E-state index contributed by atoms with van der Waals surface area (Å²) >= 11 is 0. The minimum atomic E-state index is -0.387. The maximum atomic E-state index is 14.3. The molecule has 0 bridgehead atoms. The first-order chi connectivity index (χ1) is 11.0. The summed E-state index contributed by atoms with van der Waals surface area (Å²) in [5, 5.41) is 0.912. The maximum absolute atomic E-state index is 14.3. The SMILES string of the molecule is COc1ccc(-c2cc3ccc(N(C)C)cc3nc2N)c(F)c1. The summed E-state index contributed by atoms with van der Waals surface area (Å²) in [5.41, 5.74) is 8.87. The van der Waals surface area contributed by atoms with Gasteiger partial charge in [-0.15, -0.1) is 0 Å². The van der Waals surface area contributed by atoms with Gasteiger partial charge in [-0.25, -0.2) is 9.37 Å². The van der Waals surface area contributed by atoms with Crippen LogP contribution in [0.1, 0.15) is 0 Å². The van der Waals surface area contributed by atoms with E-state index in [4.69, 9.17) is 10.5 Å². The maximum Gasteiger partial charge on any atom is 0.134 e. The summed E-state index contributed by atoms with van der Waals surface area (Å²) in [7, 11) is 5.43. The Kier molecular flexibility index (Phi) is 3.78. The van der Waals surface area contributed by atoms with Crippen molar-refractivity contribution >= 4 is 22.4 Å². The number of benzene rings is 2. The molecule has 0 saturated carbocycles. The smallest absolute Gasteiger partial charge is 0.134 e. The van der Waals surface area contributed by atoms with Crippen LogP contribution in [0.4, 0.5) is 15.9 Å². The van der Waals surface area contributed by atoms with Crippen molar-refractivity contribution in [3.05, 3.63) is 48.3 Å². The van der Waals surface area contributed by atoms with E-state index in [1.54, 1.807) is 12.1 Å². The summed E-state index contributed by atoms with van der Waals surface area (Å²) in [6.45, 7) is 0. The van der Waals surface area contributed by atoms with Gasteiger partial charge in [0.1, 0.15) is 17.4 Å². The fourth-order valence-electron chi connectivity index (χ4n) is 2.51. The molecule has 5 heteroatoms. The number of anilines is 2. The number of hydrogen-bond donors (Lipinski definition) is 1. The summed E-state index contributed by atoms with van der Waals surface area (Å²) < 4.78 is 19.3.